The van der Waals surface area contributed by atoms with E-state index in [-0.39, 0.29) is 0 Å². The van der Waals surface area contributed by atoms with Gasteiger partial charge in [0.1, 0.15) is 0 Å². The van der Waals surface area contributed by atoms with Crippen molar-refractivity contribution in [1.82, 2.24) is 0 Å². The molecule has 0 N–H and O–H groups in total. The van der Waals surface area contributed by atoms with Gasteiger partial charge < -0.3 is 0 Å². The van der Waals surface area contributed by atoms with Crippen molar-refractivity contribution in [1.29, 1.82) is 0 Å². The van der Waals surface area contributed by atoms with E-state index in [1.807, 2.05) is 6.07 Å². The summed E-state index contributed by atoms with van der Waals surface area (Å²) in [6, 6.07) is 10.5. The molecule has 1 saturated carbocycles. The van der Waals surface area contributed by atoms with Crippen LogP contribution >= 0.6 is 0 Å². The molecule has 0 bridgehead atoms. The Bertz CT molecular complexity index is 334. The van der Waals surface area contributed by atoms with Gasteiger partial charge in [0.25, 0.3) is 0 Å². The molecule has 2 rings (SSSR count). The third-order valence-corrected chi connectivity index (χ3v) is 6.12. The van der Waals surface area contributed by atoms with Gasteiger partial charge in [0.15, 0.2) is 0 Å². The van der Waals surface area contributed by atoms with Gasteiger partial charge in [-0.25, -0.2) is 0 Å². The summed E-state index contributed by atoms with van der Waals surface area (Å²) < 4.78 is 1.36. The Labute approximate surface area is 97.4 Å². The van der Waals surface area contributed by atoms with E-state index in [0.717, 1.165) is 12.8 Å². The number of Topliss-reactive ketones (excluding diaryl/α,β-unsaturated/α-hetero) is 1. The van der Waals surface area contributed by atoms with Crippen molar-refractivity contribution in [3.8, 4) is 0 Å². The minimum atomic E-state index is 0.327. The van der Waals surface area contributed by atoms with Gasteiger partial charge in [0, 0.05) is 0 Å². The van der Waals surface area contributed by atoms with E-state index in [2.05, 4.69) is 31.2 Å². The normalized spacial score (nSPS) is 26.6. The van der Waals surface area contributed by atoms with Crippen LogP contribution in [0.25, 0.3) is 0 Å². The first-order valence-corrected chi connectivity index (χ1v) is 7.36. The summed E-state index contributed by atoms with van der Waals surface area (Å²) in [4.78, 5) is 12.2. The Hall–Kier alpha value is -0.591. The van der Waals surface area contributed by atoms with Gasteiger partial charge in [0.2, 0.25) is 0 Å². The zero-order chi connectivity index (χ0) is 10.7. The van der Waals surface area contributed by atoms with E-state index in [0.29, 0.717) is 31.5 Å². The number of ketones is 1. The molecule has 0 unspecified atom stereocenters. The molecule has 0 aromatic heterocycles. The Morgan fingerprint density at radius 3 is 2.67 bits per heavy atom. The van der Waals surface area contributed by atoms with Crippen LogP contribution in [0.1, 0.15) is 26.2 Å². The summed E-state index contributed by atoms with van der Waals surface area (Å²) in [7, 11) is 0. The van der Waals surface area contributed by atoms with E-state index in [1.165, 1.54) is 10.9 Å². The molecular formula is C13H16OSe. The van der Waals surface area contributed by atoms with Crippen molar-refractivity contribution in [3.05, 3.63) is 30.3 Å². The maximum atomic E-state index is 11.8. The van der Waals surface area contributed by atoms with Crippen LogP contribution in [0.15, 0.2) is 30.3 Å². The zero-order valence-electron chi connectivity index (χ0n) is 8.98. The molecule has 2 heteroatoms. The van der Waals surface area contributed by atoms with Gasteiger partial charge >= 0.3 is 97.2 Å². The SMILES string of the molecule is C[C@H]1CCCC(=O)[C@H]1[Se]c1ccccc1. The summed E-state index contributed by atoms with van der Waals surface area (Å²) >= 11 is 0.332. The summed E-state index contributed by atoms with van der Waals surface area (Å²) in [5.41, 5.74) is 0. The molecule has 1 aromatic carbocycles. The molecule has 1 aromatic rings. The van der Waals surface area contributed by atoms with Gasteiger partial charge in [-0.05, 0) is 0 Å². The molecule has 0 saturated heterocycles. The molecule has 80 valence electrons. The van der Waals surface area contributed by atoms with Gasteiger partial charge in [0.05, 0.1) is 0 Å². The Morgan fingerprint density at radius 2 is 2.00 bits per heavy atom. The van der Waals surface area contributed by atoms with E-state index >= 15 is 0 Å². The predicted molar refractivity (Wildman–Crippen MR) is 63.6 cm³/mol. The first kappa shape index (κ1) is 10.9. The van der Waals surface area contributed by atoms with E-state index in [4.69, 9.17) is 0 Å². The Balaban J connectivity index is 2.07. The summed E-state index contributed by atoms with van der Waals surface area (Å²) in [6.45, 7) is 2.23. The van der Waals surface area contributed by atoms with E-state index < -0.39 is 0 Å². The second-order valence-corrected chi connectivity index (χ2v) is 6.74. The first-order valence-electron chi connectivity index (χ1n) is 5.52. The standard InChI is InChI=1S/C13H16OSe/c1-10-6-5-9-12(14)13(10)15-11-7-3-2-4-8-11/h2-4,7-8,10,13H,5-6,9H2,1H3/t10-,13-/m0/s1. The Kier molecular flexibility index (Phi) is 3.61. The van der Waals surface area contributed by atoms with Gasteiger partial charge in [-0.3, -0.25) is 0 Å². The van der Waals surface area contributed by atoms with Crippen molar-refractivity contribution in [2.24, 2.45) is 5.92 Å². The molecule has 2 atom stereocenters. The third kappa shape index (κ3) is 2.70. The molecule has 0 amide bonds. The van der Waals surface area contributed by atoms with Gasteiger partial charge in [-0.2, -0.15) is 0 Å². The van der Waals surface area contributed by atoms with Crippen molar-refractivity contribution in [2.75, 3.05) is 0 Å². The van der Waals surface area contributed by atoms with Crippen LogP contribution in [-0.4, -0.2) is 20.7 Å². The number of carbonyl (C=O) groups excluding carboxylic acids is 1. The number of hydrogen-bond donors (Lipinski definition) is 0. The molecule has 1 nitrogen and oxygen atoms in total. The van der Waals surface area contributed by atoms with Crippen LogP contribution in [0.5, 0.6) is 0 Å². The quantitative estimate of drug-likeness (QED) is 0.751. The van der Waals surface area contributed by atoms with Crippen molar-refractivity contribution in [2.45, 2.75) is 31.0 Å². The first-order chi connectivity index (χ1) is 7.27. The maximum absolute atomic E-state index is 11.8. The summed E-state index contributed by atoms with van der Waals surface area (Å²) in [5, 5.41) is 0. The van der Waals surface area contributed by atoms with Gasteiger partial charge in [-0.15, -0.1) is 0 Å². The molecule has 0 spiro atoms. The van der Waals surface area contributed by atoms with Crippen molar-refractivity contribution in [3.63, 3.8) is 0 Å². The van der Waals surface area contributed by atoms with Crippen LogP contribution in [-0.2, 0) is 4.79 Å². The number of rotatable bonds is 2. The van der Waals surface area contributed by atoms with Crippen LogP contribution in [0, 0.1) is 5.92 Å². The third-order valence-electron chi connectivity index (χ3n) is 2.92. The number of benzene rings is 1. The number of hydrogen-bond acceptors (Lipinski definition) is 1. The van der Waals surface area contributed by atoms with Crippen molar-refractivity contribution < 1.29 is 4.79 Å². The Morgan fingerprint density at radius 1 is 1.27 bits per heavy atom. The average molecular weight is 267 g/mol. The van der Waals surface area contributed by atoms with E-state index in [9.17, 15) is 4.79 Å². The fourth-order valence-corrected chi connectivity index (χ4v) is 4.61. The fraction of sp³-hybridized carbons (Fsp3) is 0.462. The van der Waals surface area contributed by atoms with Gasteiger partial charge in [-0.1, -0.05) is 0 Å². The average Bonchev–Trinajstić information content (AvgIpc) is 2.25. The van der Waals surface area contributed by atoms with Crippen LogP contribution in [0.2, 0.25) is 4.82 Å². The molecule has 0 heterocycles. The van der Waals surface area contributed by atoms with Crippen LogP contribution < -0.4 is 4.46 Å². The number of carbonyl (C=O) groups is 1. The molecular weight excluding hydrogens is 251 g/mol. The second kappa shape index (κ2) is 4.96. The second-order valence-electron chi connectivity index (χ2n) is 4.19. The fourth-order valence-electron chi connectivity index (χ4n) is 2.04. The molecule has 0 radical (unpaired) electrons. The van der Waals surface area contributed by atoms with E-state index in [1.54, 1.807) is 0 Å². The molecule has 1 aliphatic carbocycles. The van der Waals surface area contributed by atoms with Crippen LogP contribution in [0.4, 0.5) is 0 Å². The van der Waals surface area contributed by atoms with Crippen molar-refractivity contribution >= 4 is 25.2 Å². The topological polar surface area (TPSA) is 17.1 Å². The summed E-state index contributed by atoms with van der Waals surface area (Å²) in [6.07, 6.45) is 3.13. The molecule has 0 aliphatic heterocycles. The minimum absolute atomic E-state index is 0.327. The monoisotopic (exact) mass is 268 g/mol. The zero-order valence-corrected chi connectivity index (χ0v) is 10.7. The molecule has 1 aliphatic rings. The predicted octanol–water partition coefficient (Wildman–Crippen LogP) is 2.19. The summed E-state index contributed by atoms with van der Waals surface area (Å²) in [5.74, 6) is 1.09. The van der Waals surface area contributed by atoms with Crippen LogP contribution in [0.3, 0.4) is 0 Å². The molecule has 1 fully saturated rings. The molecule has 15 heavy (non-hydrogen) atoms.